The Morgan fingerprint density at radius 2 is 1.42 bits per heavy atom. The number of hydrogen-bond acceptors (Lipinski definition) is 1. The first-order chi connectivity index (χ1) is 9.15. The average Bonchev–Trinajstić information content (AvgIpc) is 2.41. The van der Waals surface area contributed by atoms with Gasteiger partial charge in [0.1, 0.15) is 0 Å². The second-order valence-corrected chi connectivity index (χ2v) is 4.92. The summed E-state index contributed by atoms with van der Waals surface area (Å²) in [5, 5.41) is 0. The topological polar surface area (TPSA) is 17.1 Å². The Balaban J connectivity index is 2.04. The molecule has 0 radical (unpaired) electrons. The highest BCUT2D eigenvalue weighted by Gasteiger charge is 2.06. The molecule has 2 aromatic carbocycles. The molecule has 2 aromatic rings. The highest BCUT2D eigenvalue weighted by Crippen LogP contribution is 2.11. The van der Waals surface area contributed by atoms with Gasteiger partial charge in [0.15, 0.2) is 5.78 Å². The molecule has 0 bridgehead atoms. The molecule has 0 aromatic heterocycles. The first-order valence-electron chi connectivity index (χ1n) is 6.45. The number of Topliss-reactive ketones (excluding diaryl/α,β-unsaturated/α-hetero) is 1. The largest absolute Gasteiger partial charge is 0.294 e. The fourth-order valence-electron chi connectivity index (χ4n) is 2.03. The van der Waals surface area contributed by atoms with Gasteiger partial charge in [-0.05, 0) is 24.5 Å². The van der Waals surface area contributed by atoms with Crippen molar-refractivity contribution in [2.24, 2.45) is 0 Å². The molecule has 0 N–H and O–H groups in total. The van der Waals surface area contributed by atoms with E-state index in [4.69, 9.17) is 0 Å². The minimum atomic E-state index is 0.160. The molecule has 0 aliphatic carbocycles. The number of allylic oxidation sites excluding steroid dienone is 1. The lowest BCUT2D eigenvalue weighted by Gasteiger charge is -2.04. The van der Waals surface area contributed by atoms with Crippen LogP contribution in [0.15, 0.2) is 66.7 Å². The summed E-state index contributed by atoms with van der Waals surface area (Å²) in [4.78, 5) is 12.1. The van der Waals surface area contributed by atoms with Crippen LogP contribution in [0.4, 0.5) is 0 Å². The smallest absolute Gasteiger partial charge is 0.167 e. The number of hydrogen-bond donors (Lipinski definition) is 0. The van der Waals surface area contributed by atoms with Crippen molar-refractivity contribution in [2.75, 3.05) is 0 Å². The van der Waals surface area contributed by atoms with Crippen molar-refractivity contribution in [1.82, 2.24) is 0 Å². The van der Waals surface area contributed by atoms with Crippen molar-refractivity contribution in [3.8, 4) is 0 Å². The van der Waals surface area contributed by atoms with Gasteiger partial charge in [0.05, 0.1) is 0 Å². The quantitative estimate of drug-likeness (QED) is 0.573. The number of benzene rings is 2. The molecule has 0 atom stereocenters. The highest BCUT2D eigenvalue weighted by atomic mass is 16.1. The van der Waals surface area contributed by atoms with Gasteiger partial charge in [-0.2, -0.15) is 0 Å². The van der Waals surface area contributed by atoms with Gasteiger partial charge in [-0.15, -0.1) is 0 Å². The van der Waals surface area contributed by atoms with Gasteiger partial charge < -0.3 is 0 Å². The Hall–Kier alpha value is -2.15. The molecule has 0 aliphatic heterocycles. The fourth-order valence-corrected chi connectivity index (χ4v) is 2.03. The summed E-state index contributed by atoms with van der Waals surface area (Å²) in [6.07, 6.45) is 1.35. The van der Waals surface area contributed by atoms with Gasteiger partial charge in [-0.3, -0.25) is 4.79 Å². The Labute approximate surface area is 114 Å². The zero-order valence-corrected chi connectivity index (χ0v) is 11.2. The van der Waals surface area contributed by atoms with Gasteiger partial charge in [0, 0.05) is 12.0 Å². The Morgan fingerprint density at radius 3 is 1.95 bits per heavy atom. The van der Waals surface area contributed by atoms with Crippen LogP contribution in [0.1, 0.15) is 28.4 Å². The third-order valence-corrected chi connectivity index (χ3v) is 2.99. The highest BCUT2D eigenvalue weighted by molar-refractivity contribution is 5.97. The summed E-state index contributed by atoms with van der Waals surface area (Å²) in [6, 6.07) is 17.6. The molecule has 1 nitrogen and oxygen atoms in total. The van der Waals surface area contributed by atoms with Crippen molar-refractivity contribution in [2.45, 2.75) is 19.8 Å². The number of rotatable bonds is 5. The summed E-state index contributed by atoms with van der Waals surface area (Å²) in [5.74, 6) is 0.160. The summed E-state index contributed by atoms with van der Waals surface area (Å²) >= 11 is 0. The maximum atomic E-state index is 12.1. The van der Waals surface area contributed by atoms with E-state index in [-0.39, 0.29) is 5.78 Å². The minimum absolute atomic E-state index is 0.160. The van der Waals surface area contributed by atoms with E-state index in [1.165, 1.54) is 5.56 Å². The van der Waals surface area contributed by atoms with E-state index in [0.29, 0.717) is 6.42 Å². The van der Waals surface area contributed by atoms with E-state index in [0.717, 1.165) is 23.1 Å². The molecule has 96 valence electrons. The predicted octanol–water partition coefficient (Wildman–Crippen LogP) is 4.23. The van der Waals surface area contributed by atoms with Gasteiger partial charge in [0.25, 0.3) is 0 Å². The predicted molar refractivity (Wildman–Crippen MR) is 79.4 cm³/mol. The zero-order valence-electron chi connectivity index (χ0n) is 11.2. The van der Waals surface area contributed by atoms with E-state index < -0.39 is 0 Å². The third-order valence-electron chi connectivity index (χ3n) is 2.99. The standard InChI is InChI=1S/C18H18O/c1-14(2)12-15-8-10-16(11-9-15)13-18(19)17-6-4-3-5-7-17/h3-11H,1,12-13H2,2H3. The first-order valence-corrected chi connectivity index (χ1v) is 6.45. The molecule has 0 aliphatic rings. The summed E-state index contributed by atoms with van der Waals surface area (Å²) < 4.78 is 0. The lowest BCUT2D eigenvalue weighted by molar-refractivity contribution is 0.0993. The second kappa shape index (κ2) is 6.14. The van der Waals surface area contributed by atoms with Crippen molar-refractivity contribution >= 4 is 5.78 Å². The van der Waals surface area contributed by atoms with Gasteiger partial charge in [-0.25, -0.2) is 0 Å². The lowest BCUT2D eigenvalue weighted by Crippen LogP contribution is -2.03. The van der Waals surface area contributed by atoms with E-state index in [2.05, 4.69) is 18.7 Å². The summed E-state index contributed by atoms with van der Waals surface area (Å²) in [5.41, 5.74) is 4.21. The van der Waals surface area contributed by atoms with Crippen LogP contribution >= 0.6 is 0 Å². The molecule has 0 saturated heterocycles. The monoisotopic (exact) mass is 250 g/mol. The van der Waals surface area contributed by atoms with Gasteiger partial charge in [-0.1, -0.05) is 66.7 Å². The summed E-state index contributed by atoms with van der Waals surface area (Å²) in [6.45, 7) is 5.93. The summed E-state index contributed by atoms with van der Waals surface area (Å²) in [7, 11) is 0. The SMILES string of the molecule is C=C(C)Cc1ccc(CC(=O)c2ccccc2)cc1. The molecule has 0 amide bonds. The minimum Gasteiger partial charge on any atom is -0.294 e. The van der Waals surface area contributed by atoms with E-state index in [1.807, 2.05) is 49.4 Å². The van der Waals surface area contributed by atoms with Crippen molar-refractivity contribution in [3.05, 3.63) is 83.4 Å². The molecular formula is C18H18O. The van der Waals surface area contributed by atoms with Crippen LogP contribution in [0.2, 0.25) is 0 Å². The van der Waals surface area contributed by atoms with Crippen LogP contribution in [0.5, 0.6) is 0 Å². The normalized spacial score (nSPS) is 10.2. The molecule has 0 fully saturated rings. The zero-order chi connectivity index (χ0) is 13.7. The molecule has 0 spiro atoms. The van der Waals surface area contributed by atoms with Crippen LogP contribution in [0, 0.1) is 0 Å². The lowest BCUT2D eigenvalue weighted by atomic mass is 10.0. The molecule has 0 heterocycles. The van der Waals surface area contributed by atoms with Crippen LogP contribution in [-0.2, 0) is 12.8 Å². The Kier molecular flexibility index (Phi) is 4.30. The Morgan fingerprint density at radius 1 is 0.895 bits per heavy atom. The molecule has 0 unspecified atom stereocenters. The average molecular weight is 250 g/mol. The van der Waals surface area contributed by atoms with Crippen molar-refractivity contribution in [3.63, 3.8) is 0 Å². The van der Waals surface area contributed by atoms with Crippen LogP contribution in [0.3, 0.4) is 0 Å². The maximum Gasteiger partial charge on any atom is 0.167 e. The van der Waals surface area contributed by atoms with E-state index in [9.17, 15) is 4.79 Å². The molecule has 19 heavy (non-hydrogen) atoms. The number of carbonyl (C=O) groups is 1. The molecule has 0 saturated carbocycles. The maximum absolute atomic E-state index is 12.1. The van der Waals surface area contributed by atoms with E-state index >= 15 is 0 Å². The van der Waals surface area contributed by atoms with Crippen molar-refractivity contribution in [1.29, 1.82) is 0 Å². The van der Waals surface area contributed by atoms with Crippen LogP contribution < -0.4 is 0 Å². The number of ketones is 1. The van der Waals surface area contributed by atoms with Crippen molar-refractivity contribution < 1.29 is 4.79 Å². The molecule has 1 heteroatoms. The van der Waals surface area contributed by atoms with E-state index in [1.54, 1.807) is 0 Å². The molecular weight excluding hydrogens is 232 g/mol. The van der Waals surface area contributed by atoms with Gasteiger partial charge in [0.2, 0.25) is 0 Å². The van der Waals surface area contributed by atoms with Crippen LogP contribution in [0.25, 0.3) is 0 Å². The number of carbonyl (C=O) groups excluding carboxylic acids is 1. The third kappa shape index (κ3) is 3.92. The molecule has 2 rings (SSSR count). The second-order valence-electron chi connectivity index (χ2n) is 4.92. The van der Waals surface area contributed by atoms with Gasteiger partial charge >= 0.3 is 0 Å². The first kappa shape index (κ1) is 13.3. The Bertz CT molecular complexity index is 564. The fraction of sp³-hybridized carbons (Fsp3) is 0.167. The van der Waals surface area contributed by atoms with Crippen LogP contribution in [-0.4, -0.2) is 5.78 Å².